The van der Waals surface area contributed by atoms with E-state index in [0.717, 1.165) is 11.3 Å². The molecular formula is C14H19NO5. The number of rotatable bonds is 6. The highest BCUT2D eigenvalue weighted by molar-refractivity contribution is 5.77. The van der Waals surface area contributed by atoms with Crippen molar-refractivity contribution >= 4 is 17.6 Å². The maximum Gasteiger partial charge on any atom is 0.345 e. The molecule has 1 unspecified atom stereocenters. The van der Waals surface area contributed by atoms with Gasteiger partial charge in [-0.2, -0.15) is 0 Å². The van der Waals surface area contributed by atoms with Crippen LogP contribution >= 0.6 is 0 Å². The van der Waals surface area contributed by atoms with Gasteiger partial charge in [-0.05, 0) is 17.7 Å². The third-order valence-corrected chi connectivity index (χ3v) is 2.73. The molecule has 6 nitrogen and oxygen atoms in total. The van der Waals surface area contributed by atoms with Crippen molar-refractivity contribution in [3.05, 3.63) is 23.8 Å². The summed E-state index contributed by atoms with van der Waals surface area (Å²) in [6, 6.07) is 5.33. The Balaban J connectivity index is 2.98. The summed E-state index contributed by atoms with van der Waals surface area (Å²) in [5.74, 6) is -1.08. The summed E-state index contributed by atoms with van der Waals surface area (Å²) in [5, 5.41) is 9.05. The largest absolute Gasteiger partial charge is 0.495 e. The lowest BCUT2D eigenvalue weighted by molar-refractivity contribution is -0.162. The molecule has 0 amide bonds. The van der Waals surface area contributed by atoms with Crippen LogP contribution in [0, 0.1) is 0 Å². The molecule has 0 aromatic heterocycles. The SMILES string of the molecule is COc1ccc(CC(OC(C)=O)C(=O)O)cc1N(C)C. The molecule has 110 valence electrons. The van der Waals surface area contributed by atoms with E-state index in [-0.39, 0.29) is 6.42 Å². The molecule has 0 fully saturated rings. The number of aliphatic carboxylic acids is 1. The van der Waals surface area contributed by atoms with Gasteiger partial charge in [0.05, 0.1) is 12.8 Å². The number of carbonyl (C=O) groups excluding carboxylic acids is 1. The zero-order valence-electron chi connectivity index (χ0n) is 12.0. The first-order valence-electron chi connectivity index (χ1n) is 6.09. The predicted octanol–water partition coefficient (Wildman–Crippen LogP) is 1.32. The van der Waals surface area contributed by atoms with Crippen molar-refractivity contribution in [2.24, 2.45) is 0 Å². The molecule has 20 heavy (non-hydrogen) atoms. The summed E-state index contributed by atoms with van der Waals surface area (Å²) in [4.78, 5) is 23.8. The van der Waals surface area contributed by atoms with Crippen LogP contribution in [0.4, 0.5) is 5.69 Å². The minimum Gasteiger partial charge on any atom is -0.495 e. The van der Waals surface area contributed by atoms with Gasteiger partial charge in [0.2, 0.25) is 6.10 Å². The minimum absolute atomic E-state index is 0.111. The molecule has 0 radical (unpaired) electrons. The topological polar surface area (TPSA) is 76.1 Å². The third-order valence-electron chi connectivity index (χ3n) is 2.73. The van der Waals surface area contributed by atoms with Crippen LogP contribution in [0.15, 0.2) is 18.2 Å². The molecule has 1 rings (SSSR count). The number of carbonyl (C=O) groups is 2. The molecule has 0 bridgehead atoms. The van der Waals surface area contributed by atoms with Crippen molar-refractivity contribution < 1.29 is 24.2 Å². The first-order chi connectivity index (χ1) is 9.35. The van der Waals surface area contributed by atoms with Crippen molar-refractivity contribution in [2.75, 3.05) is 26.1 Å². The number of hydrogen-bond donors (Lipinski definition) is 1. The number of esters is 1. The van der Waals surface area contributed by atoms with Crippen LogP contribution in [0.25, 0.3) is 0 Å². The van der Waals surface area contributed by atoms with Crippen molar-refractivity contribution in [3.63, 3.8) is 0 Å². The van der Waals surface area contributed by atoms with Gasteiger partial charge in [-0.15, -0.1) is 0 Å². The average molecular weight is 281 g/mol. The van der Waals surface area contributed by atoms with E-state index < -0.39 is 18.0 Å². The first kappa shape index (κ1) is 15.8. The van der Waals surface area contributed by atoms with Crippen molar-refractivity contribution in [2.45, 2.75) is 19.4 Å². The fourth-order valence-electron chi connectivity index (χ4n) is 1.81. The number of methoxy groups -OCH3 is 1. The maximum absolute atomic E-state index is 11.1. The van der Waals surface area contributed by atoms with Crippen LogP contribution in [-0.2, 0) is 20.7 Å². The van der Waals surface area contributed by atoms with Crippen LogP contribution in [0.3, 0.4) is 0 Å². The summed E-state index contributed by atoms with van der Waals surface area (Å²) >= 11 is 0. The van der Waals surface area contributed by atoms with E-state index >= 15 is 0 Å². The van der Waals surface area contributed by atoms with Gasteiger partial charge in [0, 0.05) is 27.4 Å². The molecule has 0 spiro atoms. The summed E-state index contributed by atoms with van der Waals surface area (Å²) in [6.45, 7) is 1.19. The lowest BCUT2D eigenvalue weighted by atomic mass is 10.1. The summed E-state index contributed by atoms with van der Waals surface area (Å²) in [5.41, 5.74) is 1.58. The minimum atomic E-state index is -1.18. The summed E-state index contributed by atoms with van der Waals surface area (Å²) < 4.78 is 10.0. The van der Waals surface area contributed by atoms with Gasteiger partial charge in [-0.3, -0.25) is 4.79 Å². The van der Waals surface area contributed by atoms with Crippen LogP contribution in [-0.4, -0.2) is 44.4 Å². The second-order valence-corrected chi connectivity index (χ2v) is 4.54. The first-order valence-corrected chi connectivity index (χ1v) is 6.09. The zero-order chi connectivity index (χ0) is 15.3. The van der Waals surface area contributed by atoms with Gasteiger partial charge in [0.25, 0.3) is 0 Å². The summed E-state index contributed by atoms with van der Waals surface area (Å²) in [6.07, 6.45) is -1.07. The molecule has 0 heterocycles. The Hall–Kier alpha value is -2.24. The molecular weight excluding hydrogens is 262 g/mol. The third kappa shape index (κ3) is 4.15. The van der Waals surface area contributed by atoms with Gasteiger partial charge in [0.1, 0.15) is 5.75 Å². The number of ether oxygens (including phenoxy) is 2. The second kappa shape index (κ2) is 6.79. The fraction of sp³-hybridized carbons (Fsp3) is 0.429. The van der Waals surface area contributed by atoms with E-state index in [9.17, 15) is 9.59 Å². The van der Waals surface area contributed by atoms with Crippen molar-refractivity contribution in [1.82, 2.24) is 0 Å². The highest BCUT2D eigenvalue weighted by Gasteiger charge is 2.21. The smallest absolute Gasteiger partial charge is 0.345 e. The Morgan fingerprint density at radius 2 is 2.00 bits per heavy atom. The fourth-order valence-corrected chi connectivity index (χ4v) is 1.81. The number of carboxylic acids is 1. The van der Waals surface area contributed by atoms with E-state index in [1.807, 2.05) is 25.1 Å². The summed E-state index contributed by atoms with van der Waals surface area (Å²) in [7, 11) is 5.30. The number of benzene rings is 1. The Morgan fingerprint density at radius 3 is 2.45 bits per heavy atom. The van der Waals surface area contributed by atoms with E-state index in [1.54, 1.807) is 19.2 Å². The van der Waals surface area contributed by atoms with E-state index in [2.05, 4.69) is 0 Å². The van der Waals surface area contributed by atoms with Crippen LogP contribution in [0.5, 0.6) is 5.75 Å². The average Bonchev–Trinajstić information content (AvgIpc) is 2.37. The van der Waals surface area contributed by atoms with Crippen LogP contribution < -0.4 is 9.64 Å². The molecule has 0 saturated heterocycles. The highest BCUT2D eigenvalue weighted by Crippen LogP contribution is 2.28. The lowest BCUT2D eigenvalue weighted by Crippen LogP contribution is -2.28. The Morgan fingerprint density at radius 1 is 1.35 bits per heavy atom. The van der Waals surface area contributed by atoms with Gasteiger partial charge < -0.3 is 19.5 Å². The molecule has 1 aromatic carbocycles. The zero-order valence-corrected chi connectivity index (χ0v) is 12.0. The molecule has 6 heteroatoms. The molecule has 0 saturated carbocycles. The van der Waals surface area contributed by atoms with Gasteiger partial charge in [-0.1, -0.05) is 6.07 Å². The lowest BCUT2D eigenvalue weighted by Gasteiger charge is -2.19. The molecule has 0 aliphatic carbocycles. The Kier molecular flexibility index (Phi) is 5.37. The quantitative estimate of drug-likeness (QED) is 0.793. The van der Waals surface area contributed by atoms with Crippen molar-refractivity contribution in [3.8, 4) is 5.75 Å². The van der Waals surface area contributed by atoms with E-state index in [0.29, 0.717) is 5.75 Å². The number of hydrogen-bond acceptors (Lipinski definition) is 5. The van der Waals surface area contributed by atoms with E-state index in [4.69, 9.17) is 14.6 Å². The monoisotopic (exact) mass is 281 g/mol. The number of anilines is 1. The van der Waals surface area contributed by atoms with Crippen LogP contribution in [0.1, 0.15) is 12.5 Å². The normalized spacial score (nSPS) is 11.6. The number of carboxylic acid groups (broad SMARTS) is 1. The Bertz CT molecular complexity index is 498. The van der Waals surface area contributed by atoms with Crippen LogP contribution in [0.2, 0.25) is 0 Å². The van der Waals surface area contributed by atoms with Gasteiger partial charge >= 0.3 is 11.9 Å². The molecule has 1 aromatic rings. The molecule has 0 aliphatic heterocycles. The molecule has 1 N–H and O–H groups in total. The van der Waals surface area contributed by atoms with Gasteiger partial charge in [0.15, 0.2) is 0 Å². The molecule has 0 aliphatic rings. The standard InChI is InChI=1S/C14H19NO5/c1-9(16)20-13(14(17)18)8-10-5-6-12(19-4)11(7-10)15(2)3/h5-7,13H,8H2,1-4H3,(H,17,18). The highest BCUT2D eigenvalue weighted by atomic mass is 16.6. The molecule has 1 atom stereocenters. The Labute approximate surface area is 117 Å². The number of nitrogens with zero attached hydrogens (tertiary/aromatic N) is 1. The van der Waals surface area contributed by atoms with Crippen molar-refractivity contribution in [1.29, 1.82) is 0 Å². The van der Waals surface area contributed by atoms with E-state index in [1.165, 1.54) is 6.92 Å². The van der Waals surface area contributed by atoms with Gasteiger partial charge in [-0.25, -0.2) is 4.79 Å². The second-order valence-electron chi connectivity index (χ2n) is 4.54. The predicted molar refractivity (Wildman–Crippen MR) is 74.2 cm³/mol. The maximum atomic E-state index is 11.1.